The molecule has 7 heteroatoms. The Labute approximate surface area is 157 Å². The third kappa shape index (κ3) is 4.15. The van der Waals surface area contributed by atoms with Gasteiger partial charge in [-0.05, 0) is 57.0 Å². The van der Waals surface area contributed by atoms with Crippen LogP contribution in [0.25, 0.3) is 0 Å². The Hall–Kier alpha value is -1.86. The van der Waals surface area contributed by atoms with E-state index in [1.165, 1.54) is 6.21 Å². The van der Waals surface area contributed by atoms with Crippen LogP contribution in [0.2, 0.25) is 0 Å². The Balaban J connectivity index is 2.20. The molecule has 0 saturated carbocycles. The molecule has 0 bridgehead atoms. The fourth-order valence-corrected chi connectivity index (χ4v) is 3.66. The molecule has 2 aromatic rings. The van der Waals surface area contributed by atoms with E-state index in [4.69, 9.17) is 9.47 Å². The molecule has 0 spiro atoms. The molecule has 0 aliphatic rings. The number of benzene rings is 2. The second kappa shape index (κ2) is 8.30. The quantitative estimate of drug-likeness (QED) is 0.540. The van der Waals surface area contributed by atoms with Crippen LogP contribution in [0.3, 0.4) is 0 Å². The number of methoxy groups -OCH3 is 2. The number of ether oxygens (including phenoxy) is 2. The first-order valence-electron chi connectivity index (χ1n) is 6.98. The van der Waals surface area contributed by atoms with Gasteiger partial charge in [0, 0.05) is 11.1 Å². The minimum absolute atomic E-state index is 0.281. The van der Waals surface area contributed by atoms with E-state index >= 15 is 0 Å². The number of halogens is 2. The molecule has 0 aliphatic carbocycles. The molecule has 0 heterocycles. The van der Waals surface area contributed by atoms with Crippen molar-refractivity contribution in [3.63, 3.8) is 0 Å². The number of amides is 1. The van der Waals surface area contributed by atoms with Crippen molar-refractivity contribution in [3.8, 4) is 11.5 Å². The Morgan fingerprint density at radius 1 is 1.12 bits per heavy atom. The normalized spacial score (nSPS) is 10.7. The molecule has 5 nitrogen and oxygen atoms in total. The number of hydrogen-bond donors (Lipinski definition) is 1. The smallest absolute Gasteiger partial charge is 0.271 e. The summed E-state index contributed by atoms with van der Waals surface area (Å²) in [6.45, 7) is 1.96. The standard InChI is InChI=1S/C17H16Br2N2O3/c1-10-4-6-11(7-5-10)17(22)21-20-9-12-8-13(18)16(24-3)14(19)15(12)23-2/h4-9H,1-3H3,(H,21,22)/b20-9-. The molecule has 0 fully saturated rings. The van der Waals surface area contributed by atoms with Crippen LogP contribution in [-0.2, 0) is 0 Å². The van der Waals surface area contributed by atoms with Gasteiger partial charge in [-0.25, -0.2) is 5.43 Å². The van der Waals surface area contributed by atoms with Crippen LogP contribution in [0.1, 0.15) is 21.5 Å². The number of nitrogens with zero attached hydrogens (tertiary/aromatic N) is 1. The molecule has 0 atom stereocenters. The number of nitrogens with one attached hydrogen (secondary N) is 1. The van der Waals surface area contributed by atoms with Crippen molar-refractivity contribution >= 4 is 44.0 Å². The molecule has 0 aliphatic heterocycles. The van der Waals surface area contributed by atoms with Crippen molar-refractivity contribution < 1.29 is 14.3 Å². The lowest BCUT2D eigenvalue weighted by Gasteiger charge is -2.12. The van der Waals surface area contributed by atoms with Gasteiger partial charge in [-0.15, -0.1) is 0 Å². The summed E-state index contributed by atoms with van der Waals surface area (Å²) in [5, 5.41) is 4.00. The van der Waals surface area contributed by atoms with Gasteiger partial charge in [-0.2, -0.15) is 5.10 Å². The van der Waals surface area contributed by atoms with Gasteiger partial charge < -0.3 is 9.47 Å². The van der Waals surface area contributed by atoms with E-state index in [9.17, 15) is 4.79 Å². The van der Waals surface area contributed by atoms with E-state index in [2.05, 4.69) is 42.4 Å². The summed E-state index contributed by atoms with van der Waals surface area (Å²) in [5.41, 5.74) is 4.81. The van der Waals surface area contributed by atoms with Gasteiger partial charge in [0.1, 0.15) is 10.2 Å². The van der Waals surface area contributed by atoms with Crippen LogP contribution in [0.5, 0.6) is 11.5 Å². The van der Waals surface area contributed by atoms with Crippen LogP contribution in [0, 0.1) is 6.92 Å². The maximum atomic E-state index is 12.0. The van der Waals surface area contributed by atoms with E-state index in [0.717, 1.165) is 10.0 Å². The molecular weight excluding hydrogens is 440 g/mol. The van der Waals surface area contributed by atoms with E-state index in [1.807, 2.05) is 19.1 Å². The number of rotatable bonds is 5. The predicted molar refractivity (Wildman–Crippen MR) is 101 cm³/mol. The summed E-state index contributed by atoms with van der Waals surface area (Å²) in [4.78, 5) is 12.0. The number of hydrogen-bond acceptors (Lipinski definition) is 4. The highest BCUT2D eigenvalue weighted by molar-refractivity contribution is 9.11. The zero-order valence-corrected chi connectivity index (χ0v) is 16.6. The number of carbonyl (C=O) groups excluding carboxylic acids is 1. The zero-order valence-electron chi connectivity index (χ0n) is 13.4. The summed E-state index contributed by atoms with van der Waals surface area (Å²) in [6.07, 6.45) is 1.51. The number of hydrazone groups is 1. The molecule has 1 N–H and O–H groups in total. The third-order valence-electron chi connectivity index (χ3n) is 3.25. The fourth-order valence-electron chi connectivity index (χ4n) is 2.02. The van der Waals surface area contributed by atoms with E-state index in [-0.39, 0.29) is 5.91 Å². The maximum absolute atomic E-state index is 12.0. The van der Waals surface area contributed by atoms with Gasteiger partial charge in [-0.1, -0.05) is 17.7 Å². The Bertz CT molecular complexity index is 774. The van der Waals surface area contributed by atoms with E-state index < -0.39 is 0 Å². The lowest BCUT2D eigenvalue weighted by Crippen LogP contribution is -2.17. The van der Waals surface area contributed by atoms with Crippen LogP contribution < -0.4 is 14.9 Å². The van der Waals surface area contributed by atoms with Gasteiger partial charge in [0.05, 0.1) is 24.9 Å². The topological polar surface area (TPSA) is 59.9 Å². The lowest BCUT2D eigenvalue weighted by atomic mass is 10.1. The molecule has 126 valence electrons. The Kier molecular flexibility index (Phi) is 6.39. The summed E-state index contributed by atoms with van der Waals surface area (Å²) in [5.74, 6) is 0.896. The van der Waals surface area contributed by atoms with Crippen LogP contribution >= 0.6 is 31.9 Å². The molecule has 2 rings (SSSR count). The second-order valence-corrected chi connectivity index (χ2v) is 6.54. The van der Waals surface area contributed by atoms with Crippen molar-refractivity contribution in [2.45, 2.75) is 6.92 Å². The largest absolute Gasteiger partial charge is 0.495 e. The predicted octanol–water partition coefficient (Wildman–Crippen LogP) is 4.30. The molecule has 0 aromatic heterocycles. The highest BCUT2D eigenvalue weighted by Crippen LogP contribution is 2.41. The molecule has 1 amide bonds. The average molecular weight is 456 g/mol. The third-order valence-corrected chi connectivity index (χ3v) is 4.56. The van der Waals surface area contributed by atoms with Gasteiger partial charge in [-0.3, -0.25) is 4.79 Å². The zero-order chi connectivity index (χ0) is 17.7. The second-order valence-electron chi connectivity index (χ2n) is 4.89. The van der Waals surface area contributed by atoms with Gasteiger partial charge in [0.15, 0.2) is 5.75 Å². The molecule has 2 aromatic carbocycles. The van der Waals surface area contributed by atoms with Crippen molar-refractivity contribution in [2.24, 2.45) is 5.10 Å². The van der Waals surface area contributed by atoms with Gasteiger partial charge in [0.25, 0.3) is 5.91 Å². The van der Waals surface area contributed by atoms with Crippen molar-refractivity contribution in [1.82, 2.24) is 5.43 Å². The maximum Gasteiger partial charge on any atom is 0.271 e. The van der Waals surface area contributed by atoms with Crippen LogP contribution in [0.4, 0.5) is 0 Å². The first kappa shape index (κ1) is 18.5. The number of aryl methyl sites for hydroxylation is 1. The summed E-state index contributed by atoms with van der Waals surface area (Å²) in [7, 11) is 3.12. The Morgan fingerprint density at radius 3 is 2.33 bits per heavy atom. The van der Waals surface area contributed by atoms with Gasteiger partial charge in [0.2, 0.25) is 0 Å². The molecule has 0 unspecified atom stereocenters. The van der Waals surface area contributed by atoms with Crippen LogP contribution in [0.15, 0.2) is 44.4 Å². The highest BCUT2D eigenvalue weighted by atomic mass is 79.9. The first-order valence-corrected chi connectivity index (χ1v) is 8.56. The Morgan fingerprint density at radius 2 is 1.75 bits per heavy atom. The SMILES string of the molecule is COc1c(Br)cc(/C=N\NC(=O)c2ccc(C)cc2)c(OC)c1Br. The summed E-state index contributed by atoms with van der Waals surface area (Å²) in [6, 6.07) is 9.05. The average Bonchev–Trinajstić information content (AvgIpc) is 2.55. The van der Waals surface area contributed by atoms with Crippen molar-refractivity contribution in [3.05, 3.63) is 56.0 Å². The monoisotopic (exact) mass is 454 g/mol. The number of carbonyl (C=O) groups is 1. The first-order chi connectivity index (χ1) is 11.5. The fraction of sp³-hybridized carbons (Fsp3) is 0.176. The lowest BCUT2D eigenvalue weighted by molar-refractivity contribution is 0.0955. The summed E-state index contributed by atoms with van der Waals surface area (Å²) < 4.78 is 12.1. The van der Waals surface area contributed by atoms with Crippen molar-refractivity contribution in [1.29, 1.82) is 0 Å². The van der Waals surface area contributed by atoms with Crippen LogP contribution in [-0.4, -0.2) is 26.3 Å². The van der Waals surface area contributed by atoms with Gasteiger partial charge >= 0.3 is 0 Å². The molecular formula is C17H16Br2N2O3. The highest BCUT2D eigenvalue weighted by Gasteiger charge is 2.15. The van der Waals surface area contributed by atoms with E-state index in [0.29, 0.717) is 27.1 Å². The minimum Gasteiger partial charge on any atom is -0.495 e. The van der Waals surface area contributed by atoms with Crippen molar-refractivity contribution in [2.75, 3.05) is 14.2 Å². The minimum atomic E-state index is -0.281. The molecule has 0 radical (unpaired) electrons. The van der Waals surface area contributed by atoms with E-state index in [1.54, 1.807) is 32.4 Å². The molecule has 24 heavy (non-hydrogen) atoms. The molecule has 0 saturated heterocycles. The summed E-state index contributed by atoms with van der Waals surface area (Å²) >= 11 is 6.86.